The predicted molar refractivity (Wildman–Crippen MR) is 77.9 cm³/mol. The van der Waals surface area contributed by atoms with Crippen LogP contribution in [-0.4, -0.2) is 64.6 Å². The Balaban J connectivity index is 1.83. The van der Waals surface area contributed by atoms with Crippen LogP contribution in [0.4, 0.5) is 0 Å². The standard InChI is InChI=1S/C14H21N3O5/c1-9-7-17(14(20)15-13(9)19)12-6-10(11(8-18)22-12)16-2-4-21-5-3-16/h7,10-12,18H,2-6,8H2,1H3,(H,15,19,20)/t10?,11-,12-/m1/s1. The molecule has 0 spiro atoms. The second kappa shape index (κ2) is 6.33. The van der Waals surface area contributed by atoms with Gasteiger partial charge in [0.25, 0.3) is 5.56 Å². The van der Waals surface area contributed by atoms with Crippen molar-refractivity contribution < 1.29 is 14.6 Å². The first-order chi connectivity index (χ1) is 10.6. The lowest BCUT2D eigenvalue weighted by molar-refractivity contribution is -0.0507. The van der Waals surface area contributed by atoms with Crippen LogP contribution in [0.3, 0.4) is 0 Å². The van der Waals surface area contributed by atoms with Gasteiger partial charge in [0, 0.05) is 37.3 Å². The van der Waals surface area contributed by atoms with Crippen LogP contribution >= 0.6 is 0 Å². The number of aliphatic hydroxyl groups is 1. The Bertz CT molecular complexity index is 634. The van der Waals surface area contributed by atoms with Crippen LogP contribution in [-0.2, 0) is 9.47 Å². The molecule has 3 atom stereocenters. The van der Waals surface area contributed by atoms with Crippen molar-refractivity contribution in [3.8, 4) is 0 Å². The Labute approximate surface area is 127 Å². The molecule has 0 aromatic carbocycles. The summed E-state index contributed by atoms with van der Waals surface area (Å²) < 4.78 is 12.6. The van der Waals surface area contributed by atoms with Crippen molar-refractivity contribution in [2.24, 2.45) is 0 Å². The maximum Gasteiger partial charge on any atom is 0.330 e. The summed E-state index contributed by atoms with van der Waals surface area (Å²) in [5, 5.41) is 9.57. The lowest BCUT2D eigenvalue weighted by Gasteiger charge is -2.33. The summed E-state index contributed by atoms with van der Waals surface area (Å²) in [4.78, 5) is 28.0. The Morgan fingerprint density at radius 2 is 2.09 bits per heavy atom. The van der Waals surface area contributed by atoms with Gasteiger partial charge in [0.2, 0.25) is 0 Å². The van der Waals surface area contributed by atoms with Crippen molar-refractivity contribution in [1.82, 2.24) is 14.5 Å². The van der Waals surface area contributed by atoms with Crippen LogP contribution in [0.15, 0.2) is 15.8 Å². The van der Waals surface area contributed by atoms with Crippen LogP contribution in [0.25, 0.3) is 0 Å². The molecule has 2 aliphatic heterocycles. The van der Waals surface area contributed by atoms with E-state index in [2.05, 4.69) is 9.88 Å². The fourth-order valence-corrected chi connectivity index (χ4v) is 3.14. The van der Waals surface area contributed by atoms with Gasteiger partial charge < -0.3 is 14.6 Å². The molecule has 8 heteroatoms. The molecule has 3 rings (SSSR count). The molecule has 2 N–H and O–H groups in total. The summed E-state index contributed by atoms with van der Waals surface area (Å²) >= 11 is 0. The lowest BCUT2D eigenvalue weighted by Crippen LogP contribution is -2.48. The molecule has 0 radical (unpaired) electrons. The molecule has 1 unspecified atom stereocenters. The molecule has 0 bridgehead atoms. The zero-order valence-electron chi connectivity index (χ0n) is 12.5. The zero-order chi connectivity index (χ0) is 15.7. The monoisotopic (exact) mass is 311 g/mol. The first-order valence-electron chi connectivity index (χ1n) is 7.50. The maximum absolute atomic E-state index is 12.0. The molecular weight excluding hydrogens is 290 g/mol. The minimum absolute atomic E-state index is 0.0398. The molecule has 22 heavy (non-hydrogen) atoms. The molecule has 2 saturated heterocycles. The molecule has 0 aliphatic carbocycles. The van der Waals surface area contributed by atoms with E-state index in [9.17, 15) is 14.7 Å². The van der Waals surface area contributed by atoms with Crippen LogP contribution < -0.4 is 11.2 Å². The lowest BCUT2D eigenvalue weighted by atomic mass is 10.1. The molecule has 122 valence electrons. The summed E-state index contributed by atoms with van der Waals surface area (Å²) in [6.45, 7) is 4.45. The van der Waals surface area contributed by atoms with Crippen LogP contribution in [0.1, 0.15) is 18.2 Å². The normalized spacial score (nSPS) is 29.8. The quantitative estimate of drug-likeness (QED) is 0.730. The van der Waals surface area contributed by atoms with Gasteiger partial charge in [-0.05, 0) is 6.92 Å². The zero-order valence-corrected chi connectivity index (χ0v) is 12.5. The molecule has 2 fully saturated rings. The molecule has 2 aliphatic rings. The summed E-state index contributed by atoms with van der Waals surface area (Å²) in [7, 11) is 0. The van der Waals surface area contributed by atoms with E-state index >= 15 is 0 Å². The van der Waals surface area contributed by atoms with E-state index < -0.39 is 11.9 Å². The van der Waals surface area contributed by atoms with E-state index in [1.54, 1.807) is 6.92 Å². The van der Waals surface area contributed by atoms with Crippen molar-refractivity contribution >= 4 is 0 Å². The van der Waals surface area contributed by atoms with Gasteiger partial charge in [0.15, 0.2) is 0 Å². The molecule has 0 saturated carbocycles. The topological polar surface area (TPSA) is 96.8 Å². The number of morpholine rings is 1. The van der Waals surface area contributed by atoms with Crippen LogP contribution in [0.2, 0.25) is 0 Å². The van der Waals surface area contributed by atoms with Gasteiger partial charge >= 0.3 is 5.69 Å². The second-order valence-electron chi connectivity index (χ2n) is 5.74. The van der Waals surface area contributed by atoms with Crippen molar-refractivity contribution in [2.75, 3.05) is 32.9 Å². The van der Waals surface area contributed by atoms with Gasteiger partial charge in [-0.3, -0.25) is 19.2 Å². The van der Waals surface area contributed by atoms with Gasteiger partial charge in [-0.1, -0.05) is 0 Å². The Hall–Kier alpha value is -1.48. The molecular formula is C14H21N3O5. The molecule has 1 aromatic rings. The molecule has 3 heterocycles. The Morgan fingerprint density at radius 3 is 2.77 bits per heavy atom. The van der Waals surface area contributed by atoms with E-state index in [4.69, 9.17) is 9.47 Å². The maximum atomic E-state index is 12.0. The summed E-state index contributed by atoms with van der Waals surface area (Å²) in [6, 6.07) is 0.0398. The third-order valence-corrected chi connectivity index (χ3v) is 4.35. The highest BCUT2D eigenvalue weighted by atomic mass is 16.5. The number of aryl methyl sites for hydroxylation is 1. The summed E-state index contributed by atoms with van der Waals surface area (Å²) in [5.74, 6) is 0. The van der Waals surface area contributed by atoms with E-state index in [-0.39, 0.29) is 24.3 Å². The van der Waals surface area contributed by atoms with Crippen molar-refractivity contribution in [3.63, 3.8) is 0 Å². The number of aromatic amines is 1. The highest BCUT2D eigenvalue weighted by molar-refractivity contribution is 5.02. The van der Waals surface area contributed by atoms with Gasteiger partial charge in [-0.2, -0.15) is 0 Å². The van der Waals surface area contributed by atoms with Gasteiger partial charge in [-0.15, -0.1) is 0 Å². The highest BCUT2D eigenvalue weighted by Crippen LogP contribution is 2.31. The van der Waals surface area contributed by atoms with Crippen LogP contribution in [0.5, 0.6) is 0 Å². The van der Waals surface area contributed by atoms with Crippen molar-refractivity contribution in [1.29, 1.82) is 0 Å². The number of nitrogens with zero attached hydrogens (tertiary/aromatic N) is 2. The average Bonchev–Trinajstić information content (AvgIpc) is 2.96. The number of hydrogen-bond donors (Lipinski definition) is 2. The number of nitrogens with one attached hydrogen (secondary N) is 1. The molecule has 0 amide bonds. The third-order valence-electron chi connectivity index (χ3n) is 4.35. The smallest absolute Gasteiger partial charge is 0.330 e. The van der Waals surface area contributed by atoms with E-state index in [1.165, 1.54) is 10.8 Å². The second-order valence-corrected chi connectivity index (χ2v) is 5.74. The number of H-pyrrole nitrogens is 1. The van der Waals surface area contributed by atoms with Gasteiger partial charge in [0.05, 0.1) is 25.9 Å². The fourth-order valence-electron chi connectivity index (χ4n) is 3.14. The number of rotatable bonds is 3. The first-order valence-corrected chi connectivity index (χ1v) is 7.50. The highest BCUT2D eigenvalue weighted by Gasteiger charge is 2.40. The molecule has 8 nitrogen and oxygen atoms in total. The minimum atomic E-state index is -0.486. The van der Waals surface area contributed by atoms with Gasteiger partial charge in [0.1, 0.15) is 6.23 Å². The number of aliphatic hydroxyl groups excluding tert-OH is 1. The SMILES string of the molecule is Cc1cn([C@H]2CC(N3CCOCC3)[C@@H](CO)O2)c(=O)[nH]c1=O. The third kappa shape index (κ3) is 2.87. The Kier molecular flexibility index (Phi) is 4.44. The minimum Gasteiger partial charge on any atom is -0.394 e. The van der Waals surface area contributed by atoms with E-state index in [0.29, 0.717) is 25.2 Å². The number of aromatic nitrogens is 2. The van der Waals surface area contributed by atoms with Gasteiger partial charge in [-0.25, -0.2) is 4.79 Å². The average molecular weight is 311 g/mol. The molecule has 1 aromatic heterocycles. The van der Waals surface area contributed by atoms with E-state index in [1.807, 2.05) is 0 Å². The summed E-state index contributed by atoms with van der Waals surface area (Å²) in [6.07, 6.45) is 1.29. The number of hydrogen-bond acceptors (Lipinski definition) is 6. The van der Waals surface area contributed by atoms with Crippen molar-refractivity contribution in [3.05, 3.63) is 32.6 Å². The van der Waals surface area contributed by atoms with E-state index in [0.717, 1.165) is 13.1 Å². The first kappa shape index (κ1) is 15.4. The fraction of sp³-hybridized carbons (Fsp3) is 0.714. The summed E-state index contributed by atoms with van der Waals surface area (Å²) in [5.41, 5.74) is -0.416. The van der Waals surface area contributed by atoms with Crippen molar-refractivity contribution in [2.45, 2.75) is 31.7 Å². The Morgan fingerprint density at radius 1 is 1.36 bits per heavy atom. The largest absolute Gasteiger partial charge is 0.394 e. The predicted octanol–water partition coefficient (Wildman–Crippen LogP) is -1.17. The number of ether oxygens (including phenoxy) is 2. The van der Waals surface area contributed by atoms with Crippen LogP contribution in [0, 0.1) is 6.92 Å².